The Kier molecular flexibility index (Phi) is 7.48. The Morgan fingerprint density at radius 2 is 1.00 bits per heavy atom. The molecule has 0 amide bonds. The van der Waals surface area contributed by atoms with Crippen LogP contribution in [0.3, 0.4) is 0 Å². The number of anilines is 2. The summed E-state index contributed by atoms with van der Waals surface area (Å²) in [4.78, 5) is 7.04. The Hall–Kier alpha value is -6.77. The van der Waals surface area contributed by atoms with Gasteiger partial charge in [-0.3, -0.25) is 4.98 Å². The van der Waals surface area contributed by atoms with E-state index in [1.54, 1.807) is 0 Å². The molecule has 12 rings (SSSR count). The van der Waals surface area contributed by atoms with Crippen molar-refractivity contribution in [1.82, 2.24) is 4.98 Å². The number of benzene rings is 9. The Bertz CT molecular complexity index is 3240. The zero-order valence-electron chi connectivity index (χ0n) is 33.5. The van der Waals surface area contributed by atoms with Crippen molar-refractivity contribution in [1.29, 1.82) is 0 Å². The largest absolute Gasteiger partial charge is 0.334 e. The average molecular weight is 757 g/mol. The summed E-state index contributed by atoms with van der Waals surface area (Å²) < 4.78 is 0. The lowest BCUT2D eigenvalue weighted by Gasteiger charge is -2.50. The van der Waals surface area contributed by atoms with E-state index in [9.17, 15) is 0 Å². The molecule has 1 aliphatic carbocycles. The Balaban J connectivity index is 1.19. The maximum atomic E-state index is 4.40. The summed E-state index contributed by atoms with van der Waals surface area (Å²) in [5.74, 6) is 0. The molecule has 0 radical (unpaired) electrons. The molecule has 1 aliphatic heterocycles. The minimum absolute atomic E-state index is 0.00382. The number of nitrogens with zero attached hydrogens (tertiary/aromatic N) is 2. The summed E-state index contributed by atoms with van der Waals surface area (Å²) >= 11 is 0. The van der Waals surface area contributed by atoms with Gasteiger partial charge in [0.1, 0.15) is 0 Å². The van der Waals surface area contributed by atoms with E-state index in [1.165, 1.54) is 124 Å². The number of hydrogen-bond acceptors (Lipinski definition) is 2. The molecule has 1 saturated carbocycles. The van der Waals surface area contributed by atoms with Crippen LogP contribution in [-0.2, 0) is 5.41 Å². The lowest BCUT2D eigenvalue weighted by Crippen LogP contribution is -2.54. The van der Waals surface area contributed by atoms with Gasteiger partial charge in [0, 0.05) is 29.2 Å². The van der Waals surface area contributed by atoms with Crippen LogP contribution in [0.25, 0.3) is 87.6 Å². The number of pyridine rings is 1. The molecule has 2 heterocycles. The van der Waals surface area contributed by atoms with Crippen LogP contribution in [0.15, 0.2) is 182 Å². The molecular weight excluding hydrogens is 713 g/mol. The molecule has 0 spiro atoms. The van der Waals surface area contributed by atoms with Crippen molar-refractivity contribution in [2.45, 2.75) is 50.5 Å². The van der Waals surface area contributed by atoms with E-state index in [4.69, 9.17) is 0 Å². The highest BCUT2D eigenvalue weighted by Crippen LogP contribution is 2.61. The van der Waals surface area contributed by atoms with Crippen molar-refractivity contribution in [3.63, 3.8) is 0 Å². The van der Waals surface area contributed by atoms with Gasteiger partial charge in [-0.1, -0.05) is 153 Å². The molecule has 2 unspecified atom stereocenters. The molecule has 9 aromatic carbocycles. The lowest BCUT2D eigenvalue weighted by atomic mass is 9.61. The minimum Gasteiger partial charge on any atom is -0.334 e. The first-order chi connectivity index (χ1) is 29.0. The molecule has 10 aromatic rings. The van der Waals surface area contributed by atoms with E-state index in [0.29, 0.717) is 0 Å². The highest BCUT2D eigenvalue weighted by molar-refractivity contribution is 6.32. The quantitative estimate of drug-likeness (QED) is 0.163. The second-order valence-corrected chi connectivity index (χ2v) is 17.4. The molecule has 1 fully saturated rings. The van der Waals surface area contributed by atoms with Crippen molar-refractivity contribution in [2.75, 3.05) is 4.90 Å². The predicted molar refractivity (Wildman–Crippen MR) is 250 cm³/mol. The lowest BCUT2D eigenvalue weighted by molar-refractivity contribution is 0.195. The second kappa shape index (κ2) is 12.9. The molecule has 0 N–H and O–H groups in total. The Morgan fingerprint density at radius 1 is 0.441 bits per heavy atom. The first-order valence-electron chi connectivity index (χ1n) is 21.2. The van der Waals surface area contributed by atoms with Crippen LogP contribution in [0.4, 0.5) is 11.4 Å². The molecule has 282 valence electrons. The molecule has 0 bridgehead atoms. The van der Waals surface area contributed by atoms with Gasteiger partial charge >= 0.3 is 0 Å². The molecule has 1 aromatic heterocycles. The van der Waals surface area contributed by atoms with Crippen molar-refractivity contribution < 1.29 is 0 Å². The highest BCUT2D eigenvalue weighted by atomic mass is 15.3. The zero-order chi connectivity index (χ0) is 39.3. The number of fused-ring (bicyclic) bond motifs is 4. The zero-order valence-corrected chi connectivity index (χ0v) is 33.5. The fraction of sp³-hybridized carbons (Fsp3) is 0.140. The summed E-state index contributed by atoms with van der Waals surface area (Å²) in [6.07, 6.45) is 8.71. The van der Waals surface area contributed by atoms with Gasteiger partial charge in [-0.15, -0.1) is 0 Å². The molecule has 2 heteroatoms. The third-order valence-electron chi connectivity index (χ3n) is 14.5. The van der Waals surface area contributed by atoms with Crippen LogP contribution in [0.2, 0.25) is 0 Å². The van der Waals surface area contributed by atoms with Gasteiger partial charge in [0.2, 0.25) is 0 Å². The summed E-state index contributed by atoms with van der Waals surface area (Å²) in [6, 6.07) is 63.9. The smallest absolute Gasteiger partial charge is 0.0517 e. The van der Waals surface area contributed by atoms with Crippen LogP contribution in [0.5, 0.6) is 0 Å². The van der Waals surface area contributed by atoms with E-state index in [0.717, 1.165) is 6.42 Å². The normalized spacial score (nSPS) is 18.8. The summed E-state index contributed by atoms with van der Waals surface area (Å²) in [5.41, 5.74) is 14.1. The first-order valence-corrected chi connectivity index (χ1v) is 21.2. The van der Waals surface area contributed by atoms with Crippen molar-refractivity contribution in [3.05, 3.63) is 188 Å². The number of rotatable bonds is 5. The molecule has 2 nitrogen and oxygen atoms in total. The minimum atomic E-state index is -0.0305. The first kappa shape index (κ1) is 34.3. The van der Waals surface area contributed by atoms with Crippen LogP contribution in [0.1, 0.15) is 45.1 Å². The fourth-order valence-corrected chi connectivity index (χ4v) is 11.4. The van der Waals surface area contributed by atoms with Gasteiger partial charge in [-0.2, -0.15) is 0 Å². The third kappa shape index (κ3) is 4.90. The maximum absolute atomic E-state index is 4.40. The van der Waals surface area contributed by atoms with E-state index in [1.807, 2.05) is 12.4 Å². The number of hydrogen-bond donors (Lipinski definition) is 0. The highest BCUT2D eigenvalue weighted by Gasteiger charge is 2.57. The van der Waals surface area contributed by atoms with Crippen LogP contribution < -0.4 is 4.90 Å². The van der Waals surface area contributed by atoms with Crippen LogP contribution in [0, 0.1) is 0 Å². The van der Waals surface area contributed by atoms with Crippen molar-refractivity contribution >= 4 is 54.5 Å². The molecule has 2 atom stereocenters. The van der Waals surface area contributed by atoms with Crippen LogP contribution >= 0.6 is 0 Å². The molecule has 59 heavy (non-hydrogen) atoms. The van der Waals surface area contributed by atoms with Crippen molar-refractivity contribution in [3.8, 4) is 44.5 Å². The van der Waals surface area contributed by atoms with Gasteiger partial charge in [0.05, 0.1) is 5.54 Å². The summed E-state index contributed by atoms with van der Waals surface area (Å²) in [6.45, 7) is 5.04. The van der Waals surface area contributed by atoms with Gasteiger partial charge in [-0.25, -0.2) is 0 Å². The third-order valence-corrected chi connectivity index (χ3v) is 14.5. The summed E-state index contributed by atoms with van der Waals surface area (Å²) in [7, 11) is 0. The number of aromatic nitrogens is 1. The Labute approximate surface area is 345 Å². The molecule has 0 saturated heterocycles. The molecule has 2 aliphatic rings. The maximum Gasteiger partial charge on any atom is 0.0517 e. The SMILES string of the molecule is CC12CCCCC1(C)N(c1ccncc1)c1ccc(-c3cc(-c4ccccc4)c4ccc5c(-c6cccc7ccccc67)cc(-c6ccccc6)c6ccc3c4c65)cc12. The van der Waals surface area contributed by atoms with E-state index in [2.05, 4.69) is 194 Å². The standard InChI is InChI=1S/C57H44N2/c1-56-30-11-12-31-57(56,2)59(41-28-32-58-33-29-41)53-27-22-40(34-52(53)56)50-35-48(38-14-5-3-6-15-38)44-25-26-47-51(43-21-13-19-37-18-9-10-20-42(37)43)36-49(39-16-7-4-8-17-39)45-23-24-46(50)54(44)55(45)47/h3-10,13-29,32-36H,11-12,30-31H2,1-2H3. The monoisotopic (exact) mass is 756 g/mol. The van der Waals surface area contributed by atoms with E-state index >= 15 is 0 Å². The predicted octanol–water partition coefficient (Wildman–Crippen LogP) is 15.5. The van der Waals surface area contributed by atoms with Gasteiger partial charge in [-0.05, 0) is 149 Å². The van der Waals surface area contributed by atoms with Gasteiger partial charge in [0.25, 0.3) is 0 Å². The van der Waals surface area contributed by atoms with E-state index < -0.39 is 0 Å². The van der Waals surface area contributed by atoms with Crippen LogP contribution in [-0.4, -0.2) is 10.5 Å². The topological polar surface area (TPSA) is 16.1 Å². The second-order valence-electron chi connectivity index (χ2n) is 17.4. The fourth-order valence-electron chi connectivity index (χ4n) is 11.4. The molecular formula is C57H44N2. The summed E-state index contributed by atoms with van der Waals surface area (Å²) in [5, 5.41) is 10.4. The van der Waals surface area contributed by atoms with Gasteiger partial charge in [0.15, 0.2) is 0 Å². The van der Waals surface area contributed by atoms with Gasteiger partial charge < -0.3 is 4.90 Å². The average Bonchev–Trinajstić information content (AvgIpc) is 3.51. The Morgan fingerprint density at radius 3 is 1.68 bits per heavy atom. The van der Waals surface area contributed by atoms with Crippen molar-refractivity contribution in [2.24, 2.45) is 0 Å². The van der Waals surface area contributed by atoms with E-state index in [-0.39, 0.29) is 11.0 Å².